The van der Waals surface area contributed by atoms with Gasteiger partial charge in [0.25, 0.3) is 0 Å². The summed E-state index contributed by atoms with van der Waals surface area (Å²) in [6, 6.07) is 9.09. The van der Waals surface area contributed by atoms with Gasteiger partial charge < -0.3 is 19.7 Å². The van der Waals surface area contributed by atoms with Gasteiger partial charge in [-0.15, -0.1) is 0 Å². The molecule has 0 spiro atoms. The van der Waals surface area contributed by atoms with Gasteiger partial charge in [-0.1, -0.05) is 0 Å². The van der Waals surface area contributed by atoms with E-state index in [0.29, 0.717) is 42.6 Å². The molecule has 3 aromatic rings. The molecule has 2 N–H and O–H groups in total. The maximum atomic E-state index is 13.8. The minimum absolute atomic E-state index is 0.317. The summed E-state index contributed by atoms with van der Waals surface area (Å²) in [6.45, 7) is 1.60. The molecule has 1 atom stereocenters. The van der Waals surface area contributed by atoms with Crippen LogP contribution in [0.1, 0.15) is 11.6 Å². The molecule has 7 nitrogen and oxygen atoms in total. The summed E-state index contributed by atoms with van der Waals surface area (Å²) >= 11 is 0. The molecule has 0 amide bonds. The quantitative estimate of drug-likeness (QED) is 0.627. The van der Waals surface area contributed by atoms with E-state index >= 15 is 0 Å². The average Bonchev–Trinajstić information content (AvgIpc) is 3.05. The number of nitrogens with zero attached hydrogens (tertiary/aromatic N) is 3. The topological polar surface area (TPSA) is 86.0 Å². The predicted octanol–water partition coefficient (Wildman–Crippen LogP) is 2.95. The number of carbonyl (C=O) groups is 2. The van der Waals surface area contributed by atoms with Gasteiger partial charge in [-0.3, -0.25) is 14.5 Å². The maximum Gasteiger partial charge on any atom is 0.325 e. The first-order valence-electron chi connectivity index (χ1n) is 9.81. The van der Waals surface area contributed by atoms with Crippen molar-refractivity contribution < 1.29 is 28.6 Å². The van der Waals surface area contributed by atoms with Gasteiger partial charge in [0.15, 0.2) is 0 Å². The fraction of sp³-hybridized carbons (Fsp3) is 0.273. The molecule has 1 aliphatic rings. The Bertz CT molecular complexity index is 1120. The zero-order valence-corrected chi connectivity index (χ0v) is 16.5. The van der Waals surface area contributed by atoms with E-state index in [1.165, 1.54) is 41.1 Å². The zero-order chi connectivity index (χ0) is 22.1. The van der Waals surface area contributed by atoms with E-state index in [9.17, 15) is 28.6 Å². The second-order valence-corrected chi connectivity index (χ2v) is 7.51. The molecule has 1 saturated heterocycles. The summed E-state index contributed by atoms with van der Waals surface area (Å²) < 4.78 is 28.3. The number of benzene rings is 2. The molecular formula is C22H21F2N3O4. The molecule has 1 aromatic heterocycles. The van der Waals surface area contributed by atoms with Gasteiger partial charge in [-0.2, -0.15) is 0 Å². The minimum Gasteiger partial charge on any atom is -0.480 e. The van der Waals surface area contributed by atoms with E-state index < -0.39 is 30.3 Å². The van der Waals surface area contributed by atoms with Crippen LogP contribution in [0.2, 0.25) is 0 Å². The van der Waals surface area contributed by atoms with E-state index in [1.54, 1.807) is 12.1 Å². The normalized spacial score (nSPS) is 15.9. The number of carboxylic acids is 2. The van der Waals surface area contributed by atoms with Gasteiger partial charge in [-0.25, -0.2) is 8.78 Å². The third-order valence-electron chi connectivity index (χ3n) is 5.58. The highest BCUT2D eigenvalue weighted by molar-refractivity contribution is 5.90. The molecular weight excluding hydrogens is 408 g/mol. The number of aliphatic carboxylic acids is 2. The maximum absolute atomic E-state index is 13.8. The van der Waals surface area contributed by atoms with Crippen molar-refractivity contribution in [3.63, 3.8) is 0 Å². The Morgan fingerprint density at radius 1 is 0.935 bits per heavy atom. The Morgan fingerprint density at radius 2 is 1.58 bits per heavy atom. The number of piperazine rings is 1. The number of fused-ring (bicyclic) bond motifs is 1. The Morgan fingerprint density at radius 3 is 2.19 bits per heavy atom. The van der Waals surface area contributed by atoms with Crippen molar-refractivity contribution in [2.45, 2.75) is 12.6 Å². The van der Waals surface area contributed by atoms with Gasteiger partial charge in [-0.05, 0) is 42.5 Å². The number of aromatic nitrogens is 1. The summed E-state index contributed by atoms with van der Waals surface area (Å²) in [5.41, 5.74) is 1.63. The number of hydrogen-bond acceptors (Lipinski definition) is 4. The van der Waals surface area contributed by atoms with E-state index in [4.69, 9.17) is 0 Å². The molecule has 9 heteroatoms. The van der Waals surface area contributed by atoms with E-state index in [-0.39, 0.29) is 5.82 Å². The molecule has 0 radical (unpaired) electrons. The zero-order valence-electron chi connectivity index (χ0n) is 16.5. The predicted molar refractivity (Wildman–Crippen MR) is 110 cm³/mol. The van der Waals surface area contributed by atoms with Gasteiger partial charge in [0.05, 0.1) is 5.52 Å². The minimum atomic E-state index is -1.10. The first-order chi connectivity index (χ1) is 14.8. The van der Waals surface area contributed by atoms with Crippen LogP contribution in [0.15, 0.2) is 48.7 Å². The van der Waals surface area contributed by atoms with Crippen molar-refractivity contribution in [2.75, 3.05) is 31.1 Å². The highest BCUT2D eigenvalue weighted by Crippen LogP contribution is 2.32. The molecule has 0 saturated carbocycles. The lowest BCUT2D eigenvalue weighted by Crippen LogP contribution is -2.49. The van der Waals surface area contributed by atoms with Crippen molar-refractivity contribution in [3.8, 4) is 0 Å². The van der Waals surface area contributed by atoms with Crippen LogP contribution in [0.3, 0.4) is 0 Å². The fourth-order valence-electron chi connectivity index (χ4n) is 4.16. The highest BCUT2D eigenvalue weighted by Gasteiger charge is 2.33. The Balaban J connectivity index is 1.63. The van der Waals surface area contributed by atoms with Crippen LogP contribution in [0.5, 0.6) is 0 Å². The number of anilines is 1. The first kappa shape index (κ1) is 20.8. The molecule has 31 heavy (non-hydrogen) atoms. The Kier molecular flexibility index (Phi) is 5.60. The summed E-state index contributed by atoms with van der Waals surface area (Å²) in [5.74, 6) is -3.01. The second-order valence-electron chi connectivity index (χ2n) is 7.51. The monoisotopic (exact) mass is 429 g/mol. The summed E-state index contributed by atoms with van der Waals surface area (Å²) in [6.07, 6.45) is 1.49. The standard InChI is InChI=1S/C22H21F2N3O4/c23-14-1-4-16(5-2-14)25-7-9-26(10-8-25)21(22(30)31)18-12-27(13-20(28)29)19-11-15(24)3-6-17(18)19/h1-6,11-12,21H,7-10,13H2,(H,28,29)(H,30,31). The lowest BCUT2D eigenvalue weighted by atomic mass is 10.0. The van der Waals surface area contributed by atoms with Crippen molar-refractivity contribution in [1.82, 2.24) is 9.47 Å². The SMILES string of the molecule is O=C(O)Cn1cc(C(C(=O)O)N2CCN(c3ccc(F)cc3)CC2)c2ccc(F)cc21. The lowest BCUT2D eigenvalue weighted by molar-refractivity contribution is -0.143. The van der Waals surface area contributed by atoms with Gasteiger partial charge in [0.2, 0.25) is 0 Å². The van der Waals surface area contributed by atoms with Crippen LogP contribution >= 0.6 is 0 Å². The van der Waals surface area contributed by atoms with Crippen molar-refractivity contribution in [3.05, 3.63) is 65.9 Å². The average molecular weight is 429 g/mol. The van der Waals surface area contributed by atoms with Crippen LogP contribution in [0, 0.1) is 11.6 Å². The van der Waals surface area contributed by atoms with Crippen LogP contribution in [-0.4, -0.2) is 57.8 Å². The lowest BCUT2D eigenvalue weighted by Gasteiger charge is -2.38. The fourth-order valence-corrected chi connectivity index (χ4v) is 4.16. The van der Waals surface area contributed by atoms with Crippen LogP contribution in [-0.2, 0) is 16.1 Å². The van der Waals surface area contributed by atoms with Crippen LogP contribution < -0.4 is 4.90 Å². The molecule has 162 valence electrons. The van der Waals surface area contributed by atoms with Crippen molar-refractivity contribution in [1.29, 1.82) is 0 Å². The first-order valence-corrected chi connectivity index (χ1v) is 9.81. The number of rotatable bonds is 6. The molecule has 0 aliphatic carbocycles. The van der Waals surface area contributed by atoms with Gasteiger partial charge in [0.1, 0.15) is 24.2 Å². The summed E-state index contributed by atoms with van der Waals surface area (Å²) in [7, 11) is 0. The second kappa shape index (κ2) is 8.35. The Labute approximate surface area is 176 Å². The molecule has 0 bridgehead atoms. The third kappa shape index (κ3) is 4.22. The molecule has 2 aromatic carbocycles. The van der Waals surface area contributed by atoms with Crippen LogP contribution in [0.4, 0.5) is 14.5 Å². The molecule has 4 rings (SSSR count). The highest BCUT2D eigenvalue weighted by atomic mass is 19.1. The Hall–Kier alpha value is -3.46. The van der Waals surface area contributed by atoms with Crippen LogP contribution in [0.25, 0.3) is 10.9 Å². The van der Waals surface area contributed by atoms with E-state index in [1.807, 2.05) is 4.90 Å². The largest absolute Gasteiger partial charge is 0.480 e. The smallest absolute Gasteiger partial charge is 0.325 e. The molecule has 2 heterocycles. The molecule has 1 unspecified atom stereocenters. The molecule has 1 aliphatic heterocycles. The summed E-state index contributed by atoms with van der Waals surface area (Å²) in [4.78, 5) is 27.3. The third-order valence-corrected chi connectivity index (χ3v) is 5.58. The van der Waals surface area contributed by atoms with Crippen molar-refractivity contribution in [2.24, 2.45) is 0 Å². The number of halogens is 2. The van der Waals surface area contributed by atoms with Crippen molar-refractivity contribution >= 4 is 28.5 Å². The number of carboxylic acid groups (broad SMARTS) is 2. The summed E-state index contributed by atoms with van der Waals surface area (Å²) in [5, 5.41) is 19.7. The van der Waals surface area contributed by atoms with Gasteiger partial charge in [0, 0.05) is 49.0 Å². The molecule has 1 fully saturated rings. The number of hydrogen-bond donors (Lipinski definition) is 2. The van der Waals surface area contributed by atoms with E-state index in [2.05, 4.69) is 4.90 Å². The van der Waals surface area contributed by atoms with Gasteiger partial charge >= 0.3 is 11.9 Å². The van der Waals surface area contributed by atoms with E-state index in [0.717, 1.165) is 5.69 Å².